The molecule has 0 spiro atoms. The summed E-state index contributed by atoms with van der Waals surface area (Å²) in [7, 11) is 1.58. The molecule has 3 rings (SSSR count). The van der Waals surface area contributed by atoms with Crippen LogP contribution in [0.25, 0.3) is 0 Å². The highest BCUT2D eigenvalue weighted by atomic mass is 32.1. The number of thiophene rings is 1. The zero-order valence-electron chi connectivity index (χ0n) is 14.2. The van der Waals surface area contributed by atoms with Gasteiger partial charge in [-0.3, -0.25) is 10.2 Å². The van der Waals surface area contributed by atoms with Gasteiger partial charge in [0.25, 0.3) is 0 Å². The molecule has 0 bridgehead atoms. The number of methoxy groups -OCH3 is 1. The molecule has 5 nitrogen and oxygen atoms in total. The molecule has 1 fully saturated rings. The fourth-order valence-corrected chi connectivity index (χ4v) is 3.81. The molecule has 1 amide bonds. The van der Waals surface area contributed by atoms with Crippen molar-refractivity contribution in [1.82, 2.24) is 0 Å². The van der Waals surface area contributed by atoms with E-state index >= 15 is 0 Å². The molecule has 132 valence electrons. The topological polar surface area (TPSA) is 59.9 Å². The highest BCUT2D eigenvalue weighted by Crippen LogP contribution is 2.27. The van der Waals surface area contributed by atoms with Gasteiger partial charge in [-0.05, 0) is 49.3 Å². The number of carbonyl (C=O) groups is 1. The Kier molecular flexibility index (Phi) is 6.06. The first-order chi connectivity index (χ1) is 12.2. The van der Waals surface area contributed by atoms with Crippen molar-refractivity contribution >= 4 is 28.8 Å². The van der Waals surface area contributed by atoms with Crippen molar-refractivity contribution < 1.29 is 14.4 Å². The summed E-state index contributed by atoms with van der Waals surface area (Å²) in [5, 5.41) is 8.92. The van der Waals surface area contributed by atoms with Crippen molar-refractivity contribution in [3.63, 3.8) is 0 Å². The highest BCUT2D eigenvalue weighted by Gasteiger charge is 2.22. The van der Waals surface area contributed by atoms with Crippen LogP contribution in [0.4, 0.5) is 10.5 Å². The number of hydrogen-bond acceptors (Lipinski definition) is 5. The van der Waals surface area contributed by atoms with Crippen molar-refractivity contribution in [2.24, 2.45) is 11.1 Å². The Labute approximate surface area is 151 Å². The third kappa shape index (κ3) is 5.06. The monoisotopic (exact) mass is 358 g/mol. The predicted molar refractivity (Wildman–Crippen MR) is 101 cm³/mol. The number of rotatable bonds is 5. The van der Waals surface area contributed by atoms with Gasteiger partial charge in [-0.25, -0.2) is 4.79 Å². The van der Waals surface area contributed by atoms with E-state index < -0.39 is 6.09 Å². The van der Waals surface area contributed by atoms with Crippen LogP contribution in [0.2, 0.25) is 0 Å². The normalized spacial score (nSPS) is 18.8. The van der Waals surface area contributed by atoms with Gasteiger partial charge in [-0.1, -0.05) is 23.7 Å². The minimum absolute atomic E-state index is 0.358. The van der Waals surface area contributed by atoms with Crippen LogP contribution < -0.4 is 10.1 Å². The Hall–Kier alpha value is -2.34. The van der Waals surface area contributed by atoms with Crippen LogP contribution >= 0.6 is 11.3 Å². The van der Waals surface area contributed by atoms with Crippen LogP contribution in [0.5, 0.6) is 5.75 Å². The Morgan fingerprint density at radius 1 is 1.32 bits per heavy atom. The van der Waals surface area contributed by atoms with E-state index in [0.29, 0.717) is 17.4 Å². The molecule has 0 saturated heterocycles. The number of oxime groups is 1. The third-order valence-electron chi connectivity index (χ3n) is 4.30. The molecule has 1 aromatic carbocycles. The first-order valence-electron chi connectivity index (χ1n) is 8.46. The number of amides is 1. The Balaban J connectivity index is 1.59. The molecular formula is C19H22N2O3S. The maximum absolute atomic E-state index is 12.0. The van der Waals surface area contributed by atoms with E-state index in [0.717, 1.165) is 31.4 Å². The molecule has 2 aromatic rings. The zero-order valence-corrected chi connectivity index (χ0v) is 15.1. The minimum Gasteiger partial charge on any atom is -0.497 e. The summed E-state index contributed by atoms with van der Waals surface area (Å²) in [5.41, 5.74) is 1.60. The lowest BCUT2D eigenvalue weighted by atomic mass is 9.85. The van der Waals surface area contributed by atoms with Gasteiger partial charge >= 0.3 is 6.09 Å². The quantitative estimate of drug-likeness (QED) is 0.598. The van der Waals surface area contributed by atoms with Gasteiger partial charge < -0.3 is 4.74 Å². The Morgan fingerprint density at radius 2 is 2.24 bits per heavy atom. The molecule has 1 saturated carbocycles. The van der Waals surface area contributed by atoms with Crippen molar-refractivity contribution in [1.29, 1.82) is 0 Å². The molecule has 25 heavy (non-hydrogen) atoms. The molecule has 1 aliphatic rings. The van der Waals surface area contributed by atoms with E-state index in [1.807, 2.05) is 6.07 Å². The van der Waals surface area contributed by atoms with Gasteiger partial charge in [0.1, 0.15) is 5.75 Å². The van der Waals surface area contributed by atoms with Gasteiger partial charge in [-0.2, -0.15) is 0 Å². The second-order valence-electron chi connectivity index (χ2n) is 6.04. The molecule has 1 aromatic heterocycles. The maximum Gasteiger partial charge on any atom is 0.437 e. The lowest BCUT2D eigenvalue weighted by Gasteiger charge is -2.22. The second-order valence-corrected chi connectivity index (χ2v) is 7.08. The van der Waals surface area contributed by atoms with Crippen LogP contribution in [0.3, 0.4) is 0 Å². The van der Waals surface area contributed by atoms with Gasteiger partial charge in [0.05, 0.1) is 12.8 Å². The molecule has 1 N–H and O–H groups in total. The van der Waals surface area contributed by atoms with Crippen LogP contribution in [-0.2, 0) is 11.3 Å². The molecule has 0 aliphatic heterocycles. The average Bonchev–Trinajstić information content (AvgIpc) is 3.14. The smallest absolute Gasteiger partial charge is 0.437 e. The molecule has 6 heteroatoms. The van der Waals surface area contributed by atoms with Gasteiger partial charge in [0.15, 0.2) is 0 Å². The van der Waals surface area contributed by atoms with Crippen LogP contribution in [0.1, 0.15) is 30.6 Å². The van der Waals surface area contributed by atoms with Crippen molar-refractivity contribution in [2.75, 3.05) is 12.4 Å². The molecule has 1 unspecified atom stereocenters. The average molecular weight is 358 g/mol. The number of nitrogens with zero attached hydrogens (tertiary/aromatic N) is 1. The second kappa shape index (κ2) is 8.67. The molecule has 1 heterocycles. The van der Waals surface area contributed by atoms with Crippen molar-refractivity contribution in [3.05, 3.63) is 46.7 Å². The van der Waals surface area contributed by atoms with Crippen molar-refractivity contribution in [2.45, 2.75) is 32.1 Å². The van der Waals surface area contributed by atoms with E-state index in [4.69, 9.17) is 9.57 Å². The van der Waals surface area contributed by atoms with Crippen LogP contribution in [0, 0.1) is 5.92 Å². The van der Waals surface area contributed by atoms with Gasteiger partial charge in [0.2, 0.25) is 0 Å². The highest BCUT2D eigenvalue weighted by molar-refractivity contribution is 7.09. The SMILES string of the molecule is COc1cccc(NC(=O)O/N=C2\CCCCC2Cc2cccs2)c1. The molecule has 0 radical (unpaired) electrons. The number of carbonyl (C=O) groups excluding carboxylic acids is 1. The minimum atomic E-state index is -0.582. The lowest BCUT2D eigenvalue weighted by Crippen LogP contribution is -2.22. The Bertz CT molecular complexity index is 728. The van der Waals surface area contributed by atoms with Crippen LogP contribution in [0.15, 0.2) is 46.9 Å². The number of nitrogens with one attached hydrogen (secondary N) is 1. The van der Waals surface area contributed by atoms with Crippen molar-refractivity contribution in [3.8, 4) is 5.75 Å². The number of ether oxygens (including phenoxy) is 1. The van der Waals surface area contributed by atoms with E-state index in [9.17, 15) is 4.79 Å². The lowest BCUT2D eigenvalue weighted by molar-refractivity contribution is 0.165. The first-order valence-corrected chi connectivity index (χ1v) is 9.34. The number of anilines is 1. The number of benzene rings is 1. The molecular weight excluding hydrogens is 336 g/mol. The van der Waals surface area contributed by atoms with E-state index in [1.54, 1.807) is 36.6 Å². The largest absolute Gasteiger partial charge is 0.497 e. The van der Waals surface area contributed by atoms with Gasteiger partial charge in [0, 0.05) is 22.5 Å². The predicted octanol–water partition coefficient (Wildman–Crippen LogP) is 5.09. The van der Waals surface area contributed by atoms with E-state index in [1.165, 1.54) is 11.3 Å². The fraction of sp³-hybridized carbons (Fsp3) is 0.368. The third-order valence-corrected chi connectivity index (χ3v) is 5.20. The summed E-state index contributed by atoms with van der Waals surface area (Å²) >= 11 is 1.76. The van der Waals surface area contributed by atoms with Gasteiger partial charge in [-0.15, -0.1) is 11.3 Å². The van der Waals surface area contributed by atoms with E-state index in [2.05, 4.69) is 28.0 Å². The summed E-state index contributed by atoms with van der Waals surface area (Å²) < 4.78 is 5.14. The standard InChI is InChI=1S/C19H22N2O3S/c1-23-16-8-4-7-15(13-16)20-19(22)24-21-18-10-3-2-6-14(18)12-17-9-5-11-25-17/h4-5,7-9,11,13-14H,2-3,6,10,12H2,1H3,(H,20,22)/b21-18+. The fourth-order valence-electron chi connectivity index (χ4n) is 3.02. The zero-order chi connectivity index (χ0) is 17.5. The molecule has 1 aliphatic carbocycles. The Morgan fingerprint density at radius 3 is 3.04 bits per heavy atom. The summed E-state index contributed by atoms with van der Waals surface area (Å²) in [6.07, 6.45) is 4.67. The number of hydrogen-bond donors (Lipinski definition) is 1. The summed E-state index contributed by atoms with van der Waals surface area (Å²) in [4.78, 5) is 18.5. The summed E-state index contributed by atoms with van der Waals surface area (Å²) in [6, 6.07) is 11.3. The van der Waals surface area contributed by atoms with E-state index in [-0.39, 0.29) is 0 Å². The summed E-state index contributed by atoms with van der Waals surface area (Å²) in [5.74, 6) is 1.03. The maximum atomic E-state index is 12.0. The first kappa shape index (κ1) is 17.5. The summed E-state index contributed by atoms with van der Waals surface area (Å²) in [6.45, 7) is 0. The van der Waals surface area contributed by atoms with Crippen LogP contribution in [-0.4, -0.2) is 18.9 Å². The molecule has 1 atom stereocenters.